The van der Waals surface area contributed by atoms with E-state index < -0.39 is 15.8 Å². The fourth-order valence-corrected chi connectivity index (χ4v) is 4.72. The summed E-state index contributed by atoms with van der Waals surface area (Å²) in [4.78, 5) is 3.63. The molecular weight excluding hydrogens is 463 g/mol. The molecule has 0 radical (unpaired) electrons. The maximum Gasteiger partial charge on any atom is 0.263 e. The molecular formula is C20H16ClFN4O3S2. The lowest BCUT2D eigenvalue weighted by Crippen LogP contribution is -2.13. The van der Waals surface area contributed by atoms with Crippen LogP contribution in [0.25, 0.3) is 0 Å². The summed E-state index contributed by atoms with van der Waals surface area (Å²) < 4.78 is 48.8. The van der Waals surface area contributed by atoms with E-state index in [-0.39, 0.29) is 15.8 Å². The number of hydrogen-bond donors (Lipinski definition) is 1. The first-order valence-corrected chi connectivity index (χ1v) is 11.7. The number of halogens is 2. The zero-order valence-electron chi connectivity index (χ0n) is 16.1. The van der Waals surface area contributed by atoms with E-state index in [1.807, 2.05) is 12.1 Å². The molecule has 0 fully saturated rings. The summed E-state index contributed by atoms with van der Waals surface area (Å²) in [5.74, 6) is -0.615. The summed E-state index contributed by atoms with van der Waals surface area (Å²) >= 11 is 7.03. The van der Waals surface area contributed by atoms with Crippen LogP contribution in [0.5, 0.6) is 11.6 Å². The first-order valence-electron chi connectivity index (χ1n) is 8.97. The fraction of sp³-hybridized carbons (Fsp3) is 0.100. The maximum absolute atomic E-state index is 14.6. The van der Waals surface area contributed by atoms with Gasteiger partial charge in [0.05, 0.1) is 10.6 Å². The van der Waals surface area contributed by atoms with E-state index in [2.05, 4.69) is 14.8 Å². The lowest BCUT2D eigenvalue weighted by Gasteiger charge is -2.09. The molecule has 2 heterocycles. The van der Waals surface area contributed by atoms with Crippen molar-refractivity contribution in [1.29, 1.82) is 0 Å². The molecule has 0 aliphatic heterocycles. The van der Waals surface area contributed by atoms with Gasteiger partial charge in [-0.15, -0.1) is 11.3 Å². The Morgan fingerprint density at radius 1 is 1.19 bits per heavy atom. The summed E-state index contributed by atoms with van der Waals surface area (Å²) in [6, 6.07) is 12.5. The van der Waals surface area contributed by atoms with Crippen LogP contribution in [0.1, 0.15) is 11.3 Å². The number of rotatable bonds is 7. The Bertz CT molecular complexity index is 1310. The third-order valence-corrected chi connectivity index (χ3v) is 6.67. The Morgan fingerprint density at radius 3 is 2.65 bits per heavy atom. The zero-order chi connectivity index (χ0) is 22.0. The molecule has 0 aliphatic carbocycles. The van der Waals surface area contributed by atoms with Crippen LogP contribution >= 0.6 is 22.9 Å². The van der Waals surface area contributed by atoms with Crippen LogP contribution in [0.4, 0.5) is 9.52 Å². The van der Waals surface area contributed by atoms with Gasteiger partial charge in [-0.05, 0) is 35.9 Å². The number of hydrogen-bond acceptors (Lipinski definition) is 6. The van der Waals surface area contributed by atoms with Crippen molar-refractivity contribution in [3.05, 3.63) is 82.2 Å². The first kappa shape index (κ1) is 21.3. The van der Waals surface area contributed by atoms with Crippen molar-refractivity contribution in [2.24, 2.45) is 7.05 Å². The second kappa shape index (κ2) is 8.66. The van der Waals surface area contributed by atoms with Gasteiger partial charge in [0.1, 0.15) is 0 Å². The van der Waals surface area contributed by atoms with Crippen molar-refractivity contribution in [1.82, 2.24) is 14.8 Å². The second-order valence-electron chi connectivity index (χ2n) is 6.54. The smallest absolute Gasteiger partial charge is 0.263 e. The molecule has 0 saturated heterocycles. The number of sulfonamides is 1. The number of aromatic nitrogens is 3. The minimum Gasteiger partial charge on any atom is -0.436 e. The van der Waals surface area contributed by atoms with Gasteiger partial charge in [0.15, 0.2) is 16.7 Å². The van der Waals surface area contributed by atoms with Crippen molar-refractivity contribution < 1.29 is 17.5 Å². The van der Waals surface area contributed by atoms with Gasteiger partial charge in [-0.1, -0.05) is 23.7 Å². The van der Waals surface area contributed by atoms with E-state index in [4.69, 9.17) is 16.3 Å². The van der Waals surface area contributed by atoms with Crippen molar-refractivity contribution in [3.8, 4) is 11.6 Å². The predicted octanol–water partition coefficient (Wildman–Crippen LogP) is 4.85. The highest BCUT2D eigenvalue weighted by Crippen LogP contribution is 2.28. The van der Waals surface area contributed by atoms with Crippen molar-refractivity contribution in [3.63, 3.8) is 0 Å². The van der Waals surface area contributed by atoms with Crippen LogP contribution in [-0.2, 0) is 23.5 Å². The largest absolute Gasteiger partial charge is 0.436 e. The molecule has 7 nitrogen and oxygen atoms in total. The number of ether oxygens (including phenoxy) is 1. The molecule has 0 saturated carbocycles. The minimum atomic E-state index is -3.96. The van der Waals surface area contributed by atoms with Gasteiger partial charge in [0.25, 0.3) is 10.0 Å². The molecule has 0 aliphatic rings. The highest BCUT2D eigenvalue weighted by Gasteiger charge is 2.19. The topological polar surface area (TPSA) is 86.1 Å². The quantitative estimate of drug-likeness (QED) is 0.410. The van der Waals surface area contributed by atoms with Crippen LogP contribution < -0.4 is 9.46 Å². The van der Waals surface area contributed by atoms with Gasteiger partial charge in [0.2, 0.25) is 5.88 Å². The Morgan fingerprint density at radius 2 is 1.97 bits per heavy atom. The summed E-state index contributed by atoms with van der Waals surface area (Å²) in [7, 11) is -2.29. The lowest BCUT2D eigenvalue weighted by atomic mass is 10.1. The number of aryl methyl sites for hydroxylation is 1. The molecule has 4 rings (SSSR count). The number of benzene rings is 2. The zero-order valence-corrected chi connectivity index (χ0v) is 18.5. The normalized spacial score (nSPS) is 11.5. The average molecular weight is 479 g/mol. The summed E-state index contributed by atoms with van der Waals surface area (Å²) in [6.45, 7) is 0. The van der Waals surface area contributed by atoms with E-state index in [0.717, 1.165) is 28.7 Å². The van der Waals surface area contributed by atoms with Gasteiger partial charge in [-0.25, -0.2) is 22.5 Å². The monoisotopic (exact) mass is 478 g/mol. The van der Waals surface area contributed by atoms with E-state index in [0.29, 0.717) is 17.3 Å². The molecule has 2 aromatic carbocycles. The number of nitrogens with zero attached hydrogens (tertiary/aromatic N) is 3. The average Bonchev–Trinajstić information content (AvgIpc) is 3.34. The third kappa shape index (κ3) is 5.04. The lowest BCUT2D eigenvalue weighted by molar-refractivity contribution is 0.402. The molecule has 0 spiro atoms. The molecule has 0 amide bonds. The van der Waals surface area contributed by atoms with Gasteiger partial charge in [-0.2, -0.15) is 5.10 Å². The van der Waals surface area contributed by atoms with Crippen LogP contribution in [-0.4, -0.2) is 23.2 Å². The Hall–Kier alpha value is -2.95. The summed E-state index contributed by atoms with van der Waals surface area (Å²) in [5, 5.41) is 6.85. The van der Waals surface area contributed by atoms with Crippen LogP contribution in [0.2, 0.25) is 5.02 Å². The number of anilines is 1. The van der Waals surface area contributed by atoms with Gasteiger partial charge < -0.3 is 4.74 Å². The Balaban J connectivity index is 1.51. The van der Waals surface area contributed by atoms with Crippen LogP contribution in [0.3, 0.4) is 0 Å². The summed E-state index contributed by atoms with van der Waals surface area (Å²) in [6.07, 6.45) is 2.02. The SMILES string of the molecule is Cn1nc(Cc2ccc(Cl)cc2)cc1Oc1ccc(S(=O)(=O)Nc2nccs2)cc1F. The second-order valence-corrected chi connectivity index (χ2v) is 9.55. The Labute approximate surface area is 187 Å². The highest BCUT2D eigenvalue weighted by molar-refractivity contribution is 7.93. The highest BCUT2D eigenvalue weighted by atomic mass is 35.5. The molecule has 11 heteroatoms. The molecule has 0 unspecified atom stereocenters. The third-order valence-electron chi connectivity index (χ3n) is 4.27. The van der Waals surface area contributed by atoms with E-state index >= 15 is 0 Å². The molecule has 0 atom stereocenters. The van der Waals surface area contributed by atoms with Gasteiger partial charge in [-0.3, -0.25) is 4.72 Å². The molecule has 1 N–H and O–H groups in total. The number of nitrogens with one attached hydrogen (secondary N) is 1. The summed E-state index contributed by atoms with van der Waals surface area (Å²) in [5.41, 5.74) is 1.74. The molecule has 31 heavy (non-hydrogen) atoms. The van der Waals surface area contributed by atoms with Crippen molar-refractivity contribution in [2.45, 2.75) is 11.3 Å². The van der Waals surface area contributed by atoms with Crippen LogP contribution in [0.15, 0.2) is 65.0 Å². The van der Waals surface area contributed by atoms with Crippen molar-refractivity contribution in [2.75, 3.05) is 4.72 Å². The number of thiazole rings is 1. The molecule has 160 valence electrons. The molecule has 2 aromatic heterocycles. The van der Waals surface area contributed by atoms with Gasteiger partial charge in [0, 0.05) is 36.1 Å². The standard InChI is InChI=1S/C20H16ClFN4O3S2/c1-26-19(11-15(24-26)10-13-2-4-14(21)5-3-13)29-18-7-6-16(12-17(18)22)31(27,28)25-20-23-8-9-30-20/h2-9,11-12H,10H2,1H3,(H,23,25). The van der Waals surface area contributed by atoms with Crippen LogP contribution in [0, 0.1) is 5.82 Å². The molecule has 4 aromatic rings. The fourth-order valence-electron chi connectivity index (χ4n) is 2.79. The molecule has 0 bridgehead atoms. The predicted molar refractivity (Wildman–Crippen MR) is 117 cm³/mol. The van der Waals surface area contributed by atoms with Crippen molar-refractivity contribution >= 4 is 38.1 Å². The van der Waals surface area contributed by atoms with E-state index in [9.17, 15) is 12.8 Å². The van der Waals surface area contributed by atoms with E-state index in [1.165, 1.54) is 23.0 Å². The van der Waals surface area contributed by atoms with E-state index in [1.54, 1.807) is 30.6 Å². The maximum atomic E-state index is 14.6. The first-order chi connectivity index (χ1) is 14.8. The van der Waals surface area contributed by atoms with Gasteiger partial charge >= 0.3 is 0 Å². The minimum absolute atomic E-state index is 0.116. The Kier molecular flexibility index (Phi) is 5.94.